The predicted molar refractivity (Wildman–Crippen MR) is 57.7 cm³/mol. The van der Waals surface area contributed by atoms with E-state index in [1.54, 1.807) is 12.1 Å². The second kappa shape index (κ2) is 4.14. The molecule has 1 heterocycles. The van der Waals surface area contributed by atoms with Crippen molar-refractivity contribution in [1.29, 1.82) is 0 Å². The van der Waals surface area contributed by atoms with E-state index >= 15 is 0 Å². The molecule has 0 unspecified atom stereocenters. The molecular weight excluding hydrogens is 209 g/mol. The number of aromatic nitrogens is 2. The zero-order valence-corrected chi connectivity index (χ0v) is 8.64. The number of nitrogen functional groups attached to an aromatic ring is 1. The fourth-order valence-electron chi connectivity index (χ4n) is 1.18. The average molecular weight is 219 g/mol. The summed E-state index contributed by atoms with van der Waals surface area (Å²) in [5.74, 6) is 0.0586. The molecule has 0 amide bonds. The van der Waals surface area contributed by atoms with Crippen LogP contribution in [0.2, 0.25) is 0 Å². The molecule has 1 aromatic carbocycles. The molecule has 0 aliphatic rings. The number of aryl methyl sites for hydroxylation is 1. The van der Waals surface area contributed by atoms with E-state index in [0.29, 0.717) is 11.4 Å². The molecule has 2 N–H and O–H groups in total. The molecule has 2 aromatic rings. The summed E-state index contributed by atoms with van der Waals surface area (Å²) in [5, 5.41) is 0. The molecule has 0 radical (unpaired) electrons. The van der Waals surface area contributed by atoms with Gasteiger partial charge in [-0.2, -0.15) is 0 Å². The van der Waals surface area contributed by atoms with Gasteiger partial charge in [-0.3, -0.25) is 0 Å². The van der Waals surface area contributed by atoms with Gasteiger partial charge in [0.1, 0.15) is 5.75 Å². The van der Waals surface area contributed by atoms with Gasteiger partial charge in [0.2, 0.25) is 0 Å². The van der Waals surface area contributed by atoms with Gasteiger partial charge in [0.05, 0.1) is 12.4 Å². The third-order valence-electron chi connectivity index (χ3n) is 2.01. The van der Waals surface area contributed by atoms with Crippen LogP contribution >= 0.6 is 0 Å². The minimum Gasteiger partial charge on any atom is -0.424 e. The maximum atomic E-state index is 12.6. The van der Waals surface area contributed by atoms with Crippen molar-refractivity contribution in [3.05, 3.63) is 42.0 Å². The number of nitrogens with zero attached hydrogens (tertiary/aromatic N) is 2. The van der Waals surface area contributed by atoms with Crippen LogP contribution in [0, 0.1) is 12.7 Å². The fourth-order valence-corrected chi connectivity index (χ4v) is 1.18. The van der Waals surface area contributed by atoms with Gasteiger partial charge in [0.15, 0.2) is 5.82 Å². The van der Waals surface area contributed by atoms with Crippen LogP contribution in [0.4, 0.5) is 10.1 Å². The van der Waals surface area contributed by atoms with Crippen molar-refractivity contribution in [1.82, 2.24) is 9.97 Å². The van der Waals surface area contributed by atoms with E-state index in [1.807, 2.05) is 13.0 Å². The summed E-state index contributed by atoms with van der Waals surface area (Å²) >= 11 is 0. The topological polar surface area (TPSA) is 61.0 Å². The van der Waals surface area contributed by atoms with Crippen molar-refractivity contribution in [2.24, 2.45) is 0 Å². The normalized spacial score (nSPS) is 10.1. The van der Waals surface area contributed by atoms with Gasteiger partial charge in [-0.15, -0.1) is 0 Å². The molecule has 0 aliphatic carbocycles. The minimum atomic E-state index is -0.503. The Morgan fingerprint density at radius 3 is 2.62 bits per heavy atom. The highest BCUT2D eigenvalue weighted by atomic mass is 19.1. The highest BCUT2D eigenvalue weighted by molar-refractivity contribution is 5.48. The summed E-state index contributed by atoms with van der Waals surface area (Å²) in [7, 11) is 0. The first-order valence-corrected chi connectivity index (χ1v) is 4.66. The van der Waals surface area contributed by atoms with Crippen LogP contribution in [0.1, 0.15) is 5.56 Å². The summed E-state index contributed by atoms with van der Waals surface area (Å²) in [4.78, 5) is 7.39. The van der Waals surface area contributed by atoms with Gasteiger partial charge in [0.25, 0.3) is 0 Å². The highest BCUT2D eigenvalue weighted by Crippen LogP contribution is 2.24. The standard InChI is InChI=1S/C11H10FN3O/c1-7-2-3-9(13)4-10(7)16-11-14-5-8(12)6-15-11/h2-6H,13H2,1H3. The number of halogens is 1. The zero-order valence-electron chi connectivity index (χ0n) is 8.64. The lowest BCUT2D eigenvalue weighted by Gasteiger charge is -2.07. The number of rotatable bonds is 2. The highest BCUT2D eigenvalue weighted by Gasteiger charge is 2.04. The smallest absolute Gasteiger partial charge is 0.322 e. The van der Waals surface area contributed by atoms with E-state index in [-0.39, 0.29) is 6.01 Å². The van der Waals surface area contributed by atoms with Gasteiger partial charge in [-0.1, -0.05) is 6.07 Å². The fraction of sp³-hybridized carbons (Fsp3) is 0.0909. The Morgan fingerprint density at radius 1 is 1.25 bits per heavy atom. The van der Waals surface area contributed by atoms with Crippen LogP contribution in [-0.2, 0) is 0 Å². The van der Waals surface area contributed by atoms with E-state index in [9.17, 15) is 4.39 Å². The second-order valence-electron chi connectivity index (χ2n) is 3.31. The molecule has 0 bridgehead atoms. The third kappa shape index (κ3) is 2.25. The average Bonchev–Trinajstić information content (AvgIpc) is 2.27. The van der Waals surface area contributed by atoms with E-state index in [4.69, 9.17) is 10.5 Å². The second-order valence-corrected chi connectivity index (χ2v) is 3.31. The molecule has 0 spiro atoms. The Balaban J connectivity index is 2.26. The molecule has 2 rings (SSSR count). The summed E-state index contributed by atoms with van der Waals surface area (Å²) in [6.45, 7) is 1.87. The minimum absolute atomic E-state index is 0.0927. The van der Waals surface area contributed by atoms with E-state index < -0.39 is 5.82 Å². The van der Waals surface area contributed by atoms with Gasteiger partial charge in [0, 0.05) is 11.8 Å². The Morgan fingerprint density at radius 2 is 1.94 bits per heavy atom. The van der Waals surface area contributed by atoms with Crippen molar-refractivity contribution in [3.8, 4) is 11.8 Å². The molecule has 5 heteroatoms. The Hall–Kier alpha value is -2.17. The first-order valence-electron chi connectivity index (χ1n) is 4.66. The summed E-state index contributed by atoms with van der Waals surface area (Å²) in [6.07, 6.45) is 2.09. The molecule has 1 aromatic heterocycles. The van der Waals surface area contributed by atoms with Crippen LogP contribution in [0.3, 0.4) is 0 Å². The lowest BCUT2D eigenvalue weighted by atomic mass is 10.2. The molecule has 16 heavy (non-hydrogen) atoms. The molecule has 0 saturated heterocycles. The quantitative estimate of drug-likeness (QED) is 0.787. The lowest BCUT2D eigenvalue weighted by Crippen LogP contribution is -1.95. The summed E-state index contributed by atoms with van der Waals surface area (Å²) in [5.41, 5.74) is 7.12. The number of nitrogens with two attached hydrogens (primary N) is 1. The van der Waals surface area contributed by atoms with Gasteiger partial charge in [-0.25, -0.2) is 14.4 Å². The molecular formula is C11H10FN3O. The largest absolute Gasteiger partial charge is 0.424 e. The predicted octanol–water partition coefficient (Wildman–Crippen LogP) is 2.30. The zero-order chi connectivity index (χ0) is 11.5. The van der Waals surface area contributed by atoms with Crippen LogP contribution in [0.15, 0.2) is 30.6 Å². The van der Waals surface area contributed by atoms with E-state index in [1.165, 1.54) is 0 Å². The molecule has 4 nitrogen and oxygen atoms in total. The van der Waals surface area contributed by atoms with Crippen LogP contribution in [0.25, 0.3) is 0 Å². The van der Waals surface area contributed by atoms with Gasteiger partial charge in [-0.05, 0) is 18.6 Å². The Labute approximate surface area is 91.9 Å². The van der Waals surface area contributed by atoms with Crippen molar-refractivity contribution in [2.45, 2.75) is 6.92 Å². The Bertz CT molecular complexity index is 499. The van der Waals surface area contributed by atoms with Crippen LogP contribution in [0.5, 0.6) is 11.8 Å². The maximum Gasteiger partial charge on any atom is 0.322 e. The molecule has 0 fully saturated rings. The number of hydrogen-bond acceptors (Lipinski definition) is 4. The molecule has 0 saturated carbocycles. The lowest BCUT2D eigenvalue weighted by molar-refractivity contribution is 0.433. The first kappa shape index (κ1) is 10.4. The molecule has 82 valence electrons. The number of anilines is 1. The van der Waals surface area contributed by atoms with Crippen molar-refractivity contribution < 1.29 is 9.13 Å². The van der Waals surface area contributed by atoms with Crippen LogP contribution in [-0.4, -0.2) is 9.97 Å². The number of benzene rings is 1. The van der Waals surface area contributed by atoms with Crippen molar-refractivity contribution in [2.75, 3.05) is 5.73 Å². The SMILES string of the molecule is Cc1ccc(N)cc1Oc1ncc(F)cn1. The summed E-state index contributed by atoms with van der Waals surface area (Å²) < 4.78 is 17.9. The van der Waals surface area contributed by atoms with Crippen molar-refractivity contribution in [3.63, 3.8) is 0 Å². The van der Waals surface area contributed by atoms with Gasteiger partial charge < -0.3 is 10.5 Å². The van der Waals surface area contributed by atoms with Crippen LogP contribution < -0.4 is 10.5 Å². The third-order valence-corrected chi connectivity index (χ3v) is 2.01. The maximum absolute atomic E-state index is 12.6. The monoisotopic (exact) mass is 219 g/mol. The van der Waals surface area contributed by atoms with Gasteiger partial charge >= 0.3 is 6.01 Å². The van der Waals surface area contributed by atoms with Crippen molar-refractivity contribution >= 4 is 5.69 Å². The first-order chi connectivity index (χ1) is 7.65. The number of ether oxygens (including phenoxy) is 1. The molecule has 0 atom stereocenters. The Kier molecular flexibility index (Phi) is 2.68. The number of hydrogen-bond donors (Lipinski definition) is 1. The van der Waals surface area contributed by atoms with E-state index in [2.05, 4.69) is 9.97 Å². The van der Waals surface area contributed by atoms with E-state index in [0.717, 1.165) is 18.0 Å². The molecule has 0 aliphatic heterocycles. The summed E-state index contributed by atoms with van der Waals surface area (Å²) in [6, 6.07) is 5.36.